The van der Waals surface area contributed by atoms with Crippen LogP contribution in [0.15, 0.2) is 0 Å². The predicted molar refractivity (Wildman–Crippen MR) is 36.7 cm³/mol. The Balaban J connectivity index is 3.26. The number of thiol groups is 1. The van der Waals surface area contributed by atoms with Gasteiger partial charge in [0.15, 0.2) is 0 Å². The molecule has 0 heterocycles. The Hall–Kier alpha value is 0.440. The summed E-state index contributed by atoms with van der Waals surface area (Å²) in [4.78, 5) is 0.957. The van der Waals surface area contributed by atoms with Gasteiger partial charge < -0.3 is 0 Å². The van der Waals surface area contributed by atoms with E-state index in [0.717, 1.165) is 4.86 Å². The van der Waals surface area contributed by atoms with Crippen molar-refractivity contribution in [3.05, 3.63) is 0 Å². The van der Waals surface area contributed by atoms with E-state index in [9.17, 15) is 0 Å². The molecule has 2 heteroatoms. The Morgan fingerprint density at radius 3 is 2.00 bits per heavy atom. The molecule has 1 unspecified atom stereocenters. The van der Waals surface area contributed by atoms with E-state index in [-0.39, 0.29) is 5.25 Å². The summed E-state index contributed by atoms with van der Waals surface area (Å²) in [7, 11) is 0. The van der Waals surface area contributed by atoms with Crippen LogP contribution >= 0.6 is 24.8 Å². The molecule has 0 aromatic rings. The first-order chi connectivity index (χ1) is 2.64. The highest BCUT2D eigenvalue weighted by Crippen LogP contribution is 1.93. The van der Waals surface area contributed by atoms with E-state index in [1.165, 1.54) is 0 Å². The largest absolute Gasteiger partial charge is 0.171 e. The van der Waals surface area contributed by atoms with Gasteiger partial charge >= 0.3 is 0 Å². The Morgan fingerprint density at radius 1 is 1.83 bits per heavy atom. The highest BCUT2D eigenvalue weighted by molar-refractivity contribution is 7.86. The third kappa shape index (κ3) is 2.67. The third-order valence-corrected chi connectivity index (χ3v) is 1.50. The van der Waals surface area contributed by atoms with Crippen LogP contribution in [-0.2, 0) is 0 Å². The second-order valence-corrected chi connectivity index (χ2v) is 2.71. The van der Waals surface area contributed by atoms with Crippen molar-refractivity contribution in [2.24, 2.45) is 0 Å². The van der Waals surface area contributed by atoms with E-state index in [0.29, 0.717) is 0 Å². The monoisotopic (exact) mass is 120 g/mol. The second kappa shape index (κ2) is 2.59. The zero-order valence-corrected chi connectivity index (χ0v) is 5.64. The topological polar surface area (TPSA) is 0 Å². The first-order valence-corrected chi connectivity index (χ1v) is 2.75. The lowest BCUT2D eigenvalue weighted by molar-refractivity contribution is 1.34. The summed E-state index contributed by atoms with van der Waals surface area (Å²) in [5, 5.41) is 0.278. The summed E-state index contributed by atoms with van der Waals surface area (Å²) < 4.78 is 0. The first kappa shape index (κ1) is 6.44. The van der Waals surface area contributed by atoms with Crippen LogP contribution in [-0.4, -0.2) is 10.1 Å². The molecule has 0 saturated carbocycles. The lowest BCUT2D eigenvalue weighted by atomic mass is 10.4. The maximum absolute atomic E-state index is 4.74. The van der Waals surface area contributed by atoms with Crippen LogP contribution in [0.4, 0.5) is 0 Å². The van der Waals surface area contributed by atoms with Crippen LogP contribution in [0.3, 0.4) is 0 Å². The molecule has 6 heavy (non-hydrogen) atoms. The van der Waals surface area contributed by atoms with Gasteiger partial charge in [-0.1, -0.05) is 12.2 Å². The smallest absolute Gasteiger partial charge is 0.0299 e. The van der Waals surface area contributed by atoms with Crippen LogP contribution in [0.2, 0.25) is 0 Å². The maximum atomic E-state index is 4.74. The Morgan fingerprint density at radius 2 is 2.00 bits per heavy atom. The van der Waals surface area contributed by atoms with Crippen molar-refractivity contribution in [2.45, 2.75) is 19.1 Å². The lowest BCUT2D eigenvalue weighted by Gasteiger charge is -1.94. The van der Waals surface area contributed by atoms with Gasteiger partial charge in [-0.3, -0.25) is 0 Å². The molecular weight excluding hydrogens is 112 g/mol. The molecule has 0 N–H and O–H groups in total. The molecule has 0 spiro atoms. The third-order valence-electron chi connectivity index (χ3n) is 0.588. The Labute approximate surface area is 49.3 Å². The van der Waals surface area contributed by atoms with Crippen molar-refractivity contribution in [3.63, 3.8) is 0 Å². The van der Waals surface area contributed by atoms with Gasteiger partial charge in [0.2, 0.25) is 0 Å². The average molecular weight is 120 g/mol. The van der Waals surface area contributed by atoms with Gasteiger partial charge in [0.05, 0.1) is 0 Å². The first-order valence-electron chi connectivity index (χ1n) is 1.83. The van der Waals surface area contributed by atoms with Crippen molar-refractivity contribution in [1.29, 1.82) is 0 Å². The number of thiocarbonyl (C=S) groups is 1. The highest BCUT2D eigenvalue weighted by atomic mass is 32.1. The molecule has 0 aliphatic heterocycles. The molecule has 0 aromatic carbocycles. The highest BCUT2D eigenvalue weighted by Gasteiger charge is 1.91. The van der Waals surface area contributed by atoms with E-state index in [1.807, 2.05) is 13.8 Å². The second-order valence-electron chi connectivity index (χ2n) is 1.29. The van der Waals surface area contributed by atoms with E-state index in [4.69, 9.17) is 12.2 Å². The van der Waals surface area contributed by atoms with Crippen LogP contribution in [0, 0.1) is 0 Å². The maximum Gasteiger partial charge on any atom is 0.0299 e. The molecule has 0 saturated heterocycles. The van der Waals surface area contributed by atoms with Crippen LogP contribution < -0.4 is 0 Å². The summed E-state index contributed by atoms with van der Waals surface area (Å²) in [6.45, 7) is 3.86. The van der Waals surface area contributed by atoms with Crippen molar-refractivity contribution < 1.29 is 0 Å². The lowest BCUT2D eigenvalue weighted by Crippen LogP contribution is -1.99. The number of hydrogen-bond donors (Lipinski definition) is 1. The Kier molecular flexibility index (Phi) is 2.78. The molecule has 0 nitrogen and oxygen atoms in total. The Bertz CT molecular complexity index is 56.6. The minimum atomic E-state index is 0.278. The quantitative estimate of drug-likeness (QED) is 0.406. The fourth-order valence-corrected chi connectivity index (χ4v) is 0. The van der Waals surface area contributed by atoms with Crippen LogP contribution in [0.25, 0.3) is 0 Å². The zero-order chi connectivity index (χ0) is 5.15. The molecule has 0 rings (SSSR count). The van der Waals surface area contributed by atoms with Gasteiger partial charge in [0.25, 0.3) is 0 Å². The molecule has 0 bridgehead atoms. The van der Waals surface area contributed by atoms with Gasteiger partial charge in [-0.2, -0.15) is 12.6 Å². The standard InChI is InChI=1S/C4H8S2/c1-3(5)4(2)6/h3,5H,1-2H3. The minimum Gasteiger partial charge on any atom is -0.171 e. The van der Waals surface area contributed by atoms with Gasteiger partial charge in [-0.05, 0) is 13.8 Å². The molecule has 36 valence electrons. The summed E-state index contributed by atoms with van der Waals surface area (Å²) in [5.41, 5.74) is 0. The van der Waals surface area contributed by atoms with Gasteiger partial charge in [0.1, 0.15) is 0 Å². The minimum absolute atomic E-state index is 0.278. The summed E-state index contributed by atoms with van der Waals surface area (Å²) in [5.74, 6) is 0. The molecule has 0 fully saturated rings. The average Bonchev–Trinajstić information content (AvgIpc) is 1.36. The molecule has 0 aromatic heterocycles. The van der Waals surface area contributed by atoms with Crippen LogP contribution in [0.5, 0.6) is 0 Å². The fourth-order valence-electron chi connectivity index (χ4n) is 0. The summed E-state index contributed by atoms with van der Waals surface area (Å²) in [6.07, 6.45) is 0. The molecule has 1 atom stereocenters. The van der Waals surface area contributed by atoms with Crippen molar-refractivity contribution in [3.8, 4) is 0 Å². The summed E-state index contributed by atoms with van der Waals surface area (Å²) >= 11 is 8.79. The van der Waals surface area contributed by atoms with Crippen LogP contribution in [0.1, 0.15) is 13.8 Å². The van der Waals surface area contributed by atoms with Crippen molar-refractivity contribution >= 4 is 29.7 Å². The van der Waals surface area contributed by atoms with Crippen molar-refractivity contribution in [1.82, 2.24) is 0 Å². The van der Waals surface area contributed by atoms with E-state index in [1.54, 1.807) is 0 Å². The zero-order valence-electron chi connectivity index (χ0n) is 3.93. The number of hydrogen-bond acceptors (Lipinski definition) is 2. The predicted octanol–water partition coefficient (Wildman–Crippen LogP) is 1.69. The molecule has 0 amide bonds. The van der Waals surface area contributed by atoms with Gasteiger partial charge in [-0.15, -0.1) is 0 Å². The number of rotatable bonds is 1. The molecular formula is C4H8S2. The van der Waals surface area contributed by atoms with Gasteiger partial charge in [-0.25, -0.2) is 0 Å². The van der Waals surface area contributed by atoms with Crippen molar-refractivity contribution in [2.75, 3.05) is 0 Å². The fraction of sp³-hybridized carbons (Fsp3) is 0.750. The normalized spacial score (nSPS) is 13.8. The molecule has 0 aliphatic carbocycles. The van der Waals surface area contributed by atoms with Gasteiger partial charge in [0, 0.05) is 10.1 Å². The summed E-state index contributed by atoms with van der Waals surface area (Å²) in [6, 6.07) is 0. The molecule has 0 aliphatic rings. The van der Waals surface area contributed by atoms with E-state index < -0.39 is 0 Å². The SMILES string of the molecule is CC(=S)C(C)S. The molecule has 0 radical (unpaired) electrons. The van der Waals surface area contributed by atoms with E-state index in [2.05, 4.69) is 12.6 Å². The van der Waals surface area contributed by atoms with E-state index >= 15 is 0 Å².